The van der Waals surface area contributed by atoms with E-state index < -0.39 is 6.10 Å². The smallest absolute Gasteiger partial charge is 0.154 e. The number of nitrogens with zero attached hydrogens (tertiary/aromatic N) is 2. The maximum Gasteiger partial charge on any atom is 0.154 e. The lowest BCUT2D eigenvalue weighted by Crippen LogP contribution is -2.09. The lowest BCUT2D eigenvalue weighted by Gasteiger charge is -2.10. The predicted octanol–water partition coefficient (Wildman–Crippen LogP) is 2.65. The van der Waals surface area contributed by atoms with E-state index in [0.29, 0.717) is 12.3 Å². The van der Waals surface area contributed by atoms with Gasteiger partial charge in [0.25, 0.3) is 0 Å². The number of hydrogen-bond donors (Lipinski definition) is 1. The van der Waals surface area contributed by atoms with Gasteiger partial charge in [0.1, 0.15) is 11.5 Å². The zero-order valence-electron chi connectivity index (χ0n) is 9.14. The van der Waals surface area contributed by atoms with Crippen molar-refractivity contribution in [2.45, 2.75) is 26.5 Å². The molecule has 0 radical (unpaired) electrons. The fourth-order valence-corrected chi connectivity index (χ4v) is 2.14. The topological polar surface area (TPSA) is 51.2 Å². The van der Waals surface area contributed by atoms with Crippen LogP contribution in [0.2, 0.25) is 0 Å². The second-order valence-corrected chi connectivity index (χ2v) is 4.40. The van der Waals surface area contributed by atoms with Crippen LogP contribution >= 0.6 is 15.9 Å². The normalized spacial score (nSPS) is 13.0. The lowest BCUT2D eigenvalue weighted by molar-refractivity contribution is 0.176. The molecular formula is C11H13BrN2O2. The van der Waals surface area contributed by atoms with Gasteiger partial charge in [-0.05, 0) is 41.9 Å². The van der Waals surface area contributed by atoms with Gasteiger partial charge >= 0.3 is 0 Å². The lowest BCUT2D eigenvalue weighted by atomic mass is 10.2. The summed E-state index contributed by atoms with van der Waals surface area (Å²) >= 11 is 3.38. The Kier molecular flexibility index (Phi) is 3.16. The molecule has 0 aliphatic rings. The minimum atomic E-state index is -0.787. The summed E-state index contributed by atoms with van der Waals surface area (Å²) in [5.41, 5.74) is 0.719. The van der Waals surface area contributed by atoms with E-state index in [0.717, 1.165) is 15.9 Å². The molecular weight excluding hydrogens is 272 g/mol. The molecule has 0 aromatic carbocycles. The second-order valence-electron chi connectivity index (χ2n) is 3.54. The minimum Gasteiger partial charge on any atom is -0.463 e. The molecule has 16 heavy (non-hydrogen) atoms. The van der Waals surface area contributed by atoms with Crippen LogP contribution in [0.25, 0.3) is 0 Å². The van der Waals surface area contributed by atoms with Crippen molar-refractivity contribution in [1.29, 1.82) is 0 Å². The van der Waals surface area contributed by atoms with Crippen molar-refractivity contribution in [1.82, 2.24) is 9.78 Å². The number of rotatable bonds is 3. The van der Waals surface area contributed by atoms with Crippen molar-refractivity contribution in [2.24, 2.45) is 0 Å². The summed E-state index contributed by atoms with van der Waals surface area (Å²) in [6.07, 6.45) is 0.892. The molecule has 1 atom stereocenters. The Hall–Kier alpha value is -1.07. The molecule has 2 aromatic rings. The quantitative estimate of drug-likeness (QED) is 0.943. The molecule has 0 amide bonds. The Labute approximate surface area is 102 Å². The number of halogens is 1. The second kappa shape index (κ2) is 4.43. The van der Waals surface area contributed by atoms with Gasteiger partial charge in [0, 0.05) is 6.54 Å². The van der Waals surface area contributed by atoms with Gasteiger partial charge in [0.2, 0.25) is 0 Å². The molecule has 0 saturated heterocycles. The average Bonchev–Trinajstić information content (AvgIpc) is 2.83. The summed E-state index contributed by atoms with van der Waals surface area (Å²) in [5, 5.41) is 14.4. The molecule has 1 unspecified atom stereocenters. The monoisotopic (exact) mass is 284 g/mol. The van der Waals surface area contributed by atoms with Gasteiger partial charge in [-0.3, -0.25) is 4.68 Å². The Bertz CT molecular complexity index is 490. The molecule has 1 N–H and O–H groups in total. The third kappa shape index (κ3) is 1.92. The highest BCUT2D eigenvalue weighted by atomic mass is 79.9. The first-order valence-corrected chi connectivity index (χ1v) is 5.88. The van der Waals surface area contributed by atoms with E-state index in [1.54, 1.807) is 16.9 Å². The van der Waals surface area contributed by atoms with E-state index >= 15 is 0 Å². The van der Waals surface area contributed by atoms with Crippen LogP contribution in [0.3, 0.4) is 0 Å². The average molecular weight is 285 g/mol. The van der Waals surface area contributed by atoms with Gasteiger partial charge in [-0.2, -0.15) is 5.10 Å². The van der Waals surface area contributed by atoms with Crippen molar-refractivity contribution in [3.05, 3.63) is 40.0 Å². The number of aromatic nitrogens is 2. The molecule has 2 heterocycles. The van der Waals surface area contributed by atoms with Crippen LogP contribution in [-0.4, -0.2) is 14.9 Å². The van der Waals surface area contributed by atoms with E-state index in [-0.39, 0.29) is 0 Å². The standard InChI is InChI=1S/C11H13BrN2O2/c1-3-14-10(8(12)6-13-14)11(15)9-5-4-7(2)16-9/h4-6,11,15H,3H2,1-2H3. The highest BCUT2D eigenvalue weighted by Gasteiger charge is 2.21. The summed E-state index contributed by atoms with van der Waals surface area (Å²) < 4.78 is 7.94. The maximum absolute atomic E-state index is 10.2. The fourth-order valence-electron chi connectivity index (χ4n) is 1.63. The van der Waals surface area contributed by atoms with Gasteiger partial charge in [-0.15, -0.1) is 0 Å². The third-order valence-electron chi connectivity index (χ3n) is 2.42. The molecule has 86 valence electrons. The Morgan fingerprint density at radius 1 is 1.56 bits per heavy atom. The Morgan fingerprint density at radius 2 is 2.31 bits per heavy atom. The fraction of sp³-hybridized carbons (Fsp3) is 0.364. The predicted molar refractivity (Wildman–Crippen MR) is 63.1 cm³/mol. The highest BCUT2D eigenvalue weighted by Crippen LogP contribution is 2.29. The van der Waals surface area contributed by atoms with Crippen molar-refractivity contribution in [3.8, 4) is 0 Å². The highest BCUT2D eigenvalue weighted by molar-refractivity contribution is 9.10. The number of furan rings is 1. The van der Waals surface area contributed by atoms with E-state index in [4.69, 9.17) is 4.42 Å². The third-order valence-corrected chi connectivity index (χ3v) is 3.03. The van der Waals surface area contributed by atoms with Crippen molar-refractivity contribution in [3.63, 3.8) is 0 Å². The maximum atomic E-state index is 10.2. The SMILES string of the molecule is CCn1ncc(Br)c1C(O)c1ccc(C)o1. The van der Waals surface area contributed by atoms with E-state index in [9.17, 15) is 5.11 Å². The van der Waals surface area contributed by atoms with Crippen molar-refractivity contribution >= 4 is 15.9 Å². The Balaban J connectivity index is 2.40. The molecule has 4 nitrogen and oxygen atoms in total. The van der Waals surface area contributed by atoms with Gasteiger partial charge < -0.3 is 9.52 Å². The minimum absolute atomic E-state index is 0.536. The summed E-state index contributed by atoms with van der Waals surface area (Å²) in [7, 11) is 0. The van der Waals surface area contributed by atoms with Crippen LogP contribution in [-0.2, 0) is 6.54 Å². The van der Waals surface area contributed by atoms with Crippen LogP contribution in [0.1, 0.15) is 30.2 Å². The zero-order valence-corrected chi connectivity index (χ0v) is 10.7. The molecule has 2 aromatic heterocycles. The summed E-state index contributed by atoms with van der Waals surface area (Å²) in [4.78, 5) is 0. The molecule has 0 spiro atoms. The molecule has 5 heteroatoms. The van der Waals surface area contributed by atoms with Crippen LogP contribution in [0, 0.1) is 6.92 Å². The van der Waals surface area contributed by atoms with E-state index in [1.807, 2.05) is 19.9 Å². The van der Waals surface area contributed by atoms with Crippen molar-refractivity contribution in [2.75, 3.05) is 0 Å². The number of aliphatic hydroxyl groups is 1. The first kappa shape index (κ1) is 11.4. The Morgan fingerprint density at radius 3 is 2.88 bits per heavy atom. The van der Waals surface area contributed by atoms with Gasteiger partial charge in [-0.1, -0.05) is 0 Å². The summed E-state index contributed by atoms with van der Waals surface area (Å²) in [6.45, 7) is 4.53. The molecule has 0 fully saturated rings. The van der Waals surface area contributed by atoms with Crippen LogP contribution in [0.15, 0.2) is 27.2 Å². The van der Waals surface area contributed by atoms with E-state index in [1.165, 1.54) is 0 Å². The van der Waals surface area contributed by atoms with Gasteiger partial charge in [0.05, 0.1) is 16.4 Å². The zero-order chi connectivity index (χ0) is 11.7. The number of aliphatic hydroxyl groups excluding tert-OH is 1. The van der Waals surface area contributed by atoms with Crippen LogP contribution < -0.4 is 0 Å². The van der Waals surface area contributed by atoms with Gasteiger partial charge in [-0.25, -0.2) is 0 Å². The molecule has 0 saturated carbocycles. The first-order chi connectivity index (χ1) is 7.63. The molecule has 0 aliphatic carbocycles. The van der Waals surface area contributed by atoms with Crippen LogP contribution in [0.5, 0.6) is 0 Å². The van der Waals surface area contributed by atoms with Crippen LogP contribution in [0.4, 0.5) is 0 Å². The largest absolute Gasteiger partial charge is 0.463 e. The number of aryl methyl sites for hydroxylation is 2. The summed E-state index contributed by atoms with van der Waals surface area (Å²) in [6, 6.07) is 3.61. The molecule has 0 aliphatic heterocycles. The number of hydrogen-bond acceptors (Lipinski definition) is 3. The van der Waals surface area contributed by atoms with E-state index in [2.05, 4.69) is 21.0 Å². The molecule has 0 bridgehead atoms. The van der Waals surface area contributed by atoms with Crippen molar-refractivity contribution < 1.29 is 9.52 Å². The summed E-state index contributed by atoms with van der Waals surface area (Å²) in [5.74, 6) is 1.32. The molecule has 2 rings (SSSR count). The van der Waals surface area contributed by atoms with Gasteiger partial charge in [0.15, 0.2) is 6.10 Å². The first-order valence-electron chi connectivity index (χ1n) is 5.09.